The van der Waals surface area contributed by atoms with E-state index in [0.29, 0.717) is 12.4 Å². The van der Waals surface area contributed by atoms with E-state index in [-0.39, 0.29) is 19.1 Å². The van der Waals surface area contributed by atoms with Crippen LogP contribution >= 0.6 is 11.8 Å². The summed E-state index contributed by atoms with van der Waals surface area (Å²) in [6.07, 6.45) is 0.823. The number of hydrogen-bond acceptors (Lipinski definition) is 7. The van der Waals surface area contributed by atoms with Gasteiger partial charge in [0.05, 0.1) is 0 Å². The van der Waals surface area contributed by atoms with Crippen molar-refractivity contribution in [2.75, 3.05) is 18.9 Å². The van der Waals surface area contributed by atoms with Crippen LogP contribution in [0.2, 0.25) is 0 Å². The number of carbonyl (C=O) groups is 2. The number of tetrazole rings is 1. The number of thioether (sulfide) groups is 1. The van der Waals surface area contributed by atoms with E-state index >= 15 is 0 Å². The number of benzene rings is 2. The first-order valence-corrected chi connectivity index (χ1v) is 10.5. The third-order valence-corrected chi connectivity index (χ3v) is 5.15. The number of amides is 1. The molecule has 1 heterocycles. The molecule has 1 aromatic heterocycles. The molecule has 1 amide bonds. The molecule has 0 aliphatic carbocycles. The van der Waals surface area contributed by atoms with Gasteiger partial charge in [0.15, 0.2) is 13.2 Å². The molecule has 30 heavy (non-hydrogen) atoms. The van der Waals surface area contributed by atoms with Crippen LogP contribution in [-0.2, 0) is 20.9 Å². The summed E-state index contributed by atoms with van der Waals surface area (Å²) in [5.41, 5.74) is 1.94. The minimum absolute atomic E-state index is 0.208. The molecule has 9 heteroatoms. The predicted molar refractivity (Wildman–Crippen MR) is 114 cm³/mol. The molecule has 0 saturated heterocycles. The molecule has 3 aromatic rings. The fraction of sp³-hybridized carbons (Fsp3) is 0.286. The lowest BCUT2D eigenvalue weighted by Gasteiger charge is -2.06. The Balaban J connectivity index is 1.31. The average molecular weight is 426 g/mol. The summed E-state index contributed by atoms with van der Waals surface area (Å²) in [6.45, 7) is 1.98. The Morgan fingerprint density at radius 2 is 1.87 bits per heavy atom. The third-order valence-electron chi connectivity index (χ3n) is 4.05. The van der Waals surface area contributed by atoms with Crippen LogP contribution < -0.4 is 5.32 Å². The molecule has 0 spiro atoms. The Labute approximate surface area is 179 Å². The highest BCUT2D eigenvalue weighted by Crippen LogP contribution is 2.17. The fourth-order valence-corrected chi connectivity index (χ4v) is 3.37. The Morgan fingerprint density at radius 3 is 2.63 bits per heavy atom. The molecule has 0 fully saturated rings. The maximum atomic E-state index is 11.9. The second kappa shape index (κ2) is 11.1. The van der Waals surface area contributed by atoms with E-state index < -0.39 is 5.97 Å². The largest absolute Gasteiger partial charge is 0.454 e. The van der Waals surface area contributed by atoms with Gasteiger partial charge in [-0.3, -0.25) is 4.79 Å². The molecule has 2 aromatic carbocycles. The van der Waals surface area contributed by atoms with Gasteiger partial charge in [-0.2, -0.15) is 4.80 Å². The van der Waals surface area contributed by atoms with Gasteiger partial charge in [-0.1, -0.05) is 48.0 Å². The quantitative estimate of drug-likeness (QED) is 0.303. The summed E-state index contributed by atoms with van der Waals surface area (Å²) in [6, 6.07) is 17.7. The summed E-state index contributed by atoms with van der Waals surface area (Å²) < 4.78 is 4.98. The van der Waals surface area contributed by atoms with E-state index in [1.54, 1.807) is 11.8 Å². The van der Waals surface area contributed by atoms with E-state index in [4.69, 9.17) is 4.74 Å². The van der Waals surface area contributed by atoms with Crippen molar-refractivity contribution < 1.29 is 14.3 Å². The molecular weight excluding hydrogens is 402 g/mol. The van der Waals surface area contributed by atoms with Crippen LogP contribution in [-0.4, -0.2) is 51.0 Å². The molecule has 0 aliphatic heterocycles. The highest BCUT2D eigenvalue weighted by molar-refractivity contribution is 7.99. The number of ether oxygens (including phenoxy) is 1. The number of nitrogens with zero attached hydrogens (tertiary/aromatic N) is 4. The van der Waals surface area contributed by atoms with Gasteiger partial charge in [0, 0.05) is 17.0 Å². The van der Waals surface area contributed by atoms with Gasteiger partial charge in [-0.25, -0.2) is 4.79 Å². The zero-order chi connectivity index (χ0) is 21.2. The SMILES string of the molecule is Cc1ccc(-c2nnn(CC(=O)OCC(=O)NCCCSc3ccccc3)n2)cc1. The minimum Gasteiger partial charge on any atom is -0.454 e. The lowest BCUT2D eigenvalue weighted by atomic mass is 10.1. The maximum Gasteiger partial charge on any atom is 0.330 e. The van der Waals surface area contributed by atoms with Gasteiger partial charge in [0.2, 0.25) is 5.82 Å². The molecule has 0 atom stereocenters. The number of aromatic nitrogens is 4. The van der Waals surface area contributed by atoms with Crippen LogP contribution in [0.4, 0.5) is 0 Å². The van der Waals surface area contributed by atoms with E-state index in [2.05, 4.69) is 32.9 Å². The molecule has 0 bridgehead atoms. The highest BCUT2D eigenvalue weighted by atomic mass is 32.2. The van der Waals surface area contributed by atoms with Gasteiger partial charge in [0.1, 0.15) is 0 Å². The monoisotopic (exact) mass is 425 g/mol. The maximum absolute atomic E-state index is 11.9. The molecule has 3 rings (SSSR count). The number of nitrogens with one attached hydrogen (secondary N) is 1. The first kappa shape index (κ1) is 21.5. The molecule has 8 nitrogen and oxygen atoms in total. The van der Waals surface area contributed by atoms with Gasteiger partial charge in [-0.05, 0) is 36.4 Å². The smallest absolute Gasteiger partial charge is 0.330 e. The van der Waals surface area contributed by atoms with Crippen LogP contribution in [0.3, 0.4) is 0 Å². The van der Waals surface area contributed by atoms with Gasteiger partial charge in [-0.15, -0.1) is 22.0 Å². The number of rotatable bonds is 10. The van der Waals surface area contributed by atoms with Crippen LogP contribution in [0.5, 0.6) is 0 Å². The van der Waals surface area contributed by atoms with Crippen LogP contribution in [0.25, 0.3) is 11.4 Å². The Kier molecular flexibility index (Phi) is 7.96. The Bertz CT molecular complexity index is 960. The van der Waals surface area contributed by atoms with Crippen molar-refractivity contribution in [1.29, 1.82) is 0 Å². The third kappa shape index (κ3) is 7.00. The first-order valence-electron chi connectivity index (χ1n) is 9.55. The van der Waals surface area contributed by atoms with Gasteiger partial charge in [0.25, 0.3) is 5.91 Å². The van der Waals surface area contributed by atoms with Crippen molar-refractivity contribution in [3.05, 3.63) is 60.2 Å². The van der Waals surface area contributed by atoms with Crippen molar-refractivity contribution in [2.24, 2.45) is 0 Å². The molecule has 0 unspecified atom stereocenters. The van der Waals surface area contributed by atoms with Crippen LogP contribution in [0.1, 0.15) is 12.0 Å². The topological polar surface area (TPSA) is 99.0 Å². The molecule has 1 N–H and O–H groups in total. The van der Waals surface area contributed by atoms with E-state index in [1.807, 2.05) is 49.4 Å². The van der Waals surface area contributed by atoms with Crippen molar-refractivity contribution in [3.8, 4) is 11.4 Å². The van der Waals surface area contributed by atoms with E-state index in [9.17, 15) is 9.59 Å². The number of aryl methyl sites for hydroxylation is 1. The first-order chi connectivity index (χ1) is 14.6. The predicted octanol–water partition coefficient (Wildman–Crippen LogP) is 2.49. The zero-order valence-corrected chi connectivity index (χ0v) is 17.5. The number of hydrogen-bond donors (Lipinski definition) is 1. The average Bonchev–Trinajstić information content (AvgIpc) is 3.21. The Morgan fingerprint density at radius 1 is 1.10 bits per heavy atom. The Hall–Kier alpha value is -3.20. The molecule has 0 saturated carbocycles. The molecule has 0 radical (unpaired) electrons. The second-order valence-electron chi connectivity index (χ2n) is 6.54. The summed E-state index contributed by atoms with van der Waals surface area (Å²) in [5, 5.41) is 14.7. The summed E-state index contributed by atoms with van der Waals surface area (Å²) in [5.74, 6) is 0.386. The lowest BCUT2D eigenvalue weighted by Crippen LogP contribution is -2.30. The standard InChI is InChI=1S/C21H23N5O3S/c1-16-8-10-17(11-9-16)21-23-25-26(24-21)14-20(28)29-15-19(27)22-12-5-13-30-18-6-3-2-4-7-18/h2-4,6-11H,5,12-15H2,1H3,(H,22,27). The van der Waals surface area contributed by atoms with Gasteiger partial charge < -0.3 is 10.1 Å². The van der Waals surface area contributed by atoms with Crippen molar-refractivity contribution in [1.82, 2.24) is 25.5 Å². The second-order valence-corrected chi connectivity index (χ2v) is 7.70. The van der Waals surface area contributed by atoms with E-state index in [1.165, 1.54) is 4.90 Å². The van der Waals surface area contributed by atoms with Crippen molar-refractivity contribution >= 4 is 23.6 Å². The summed E-state index contributed by atoms with van der Waals surface area (Å²) in [4.78, 5) is 26.1. The highest BCUT2D eigenvalue weighted by Gasteiger charge is 2.12. The molecule has 0 aliphatic rings. The van der Waals surface area contributed by atoms with Crippen LogP contribution in [0, 0.1) is 6.92 Å². The van der Waals surface area contributed by atoms with Gasteiger partial charge >= 0.3 is 5.97 Å². The van der Waals surface area contributed by atoms with Crippen LogP contribution in [0.15, 0.2) is 59.5 Å². The number of carbonyl (C=O) groups excluding carboxylic acids is 2. The summed E-state index contributed by atoms with van der Waals surface area (Å²) >= 11 is 1.73. The fourth-order valence-electron chi connectivity index (χ4n) is 2.49. The normalized spacial score (nSPS) is 10.6. The minimum atomic E-state index is -0.599. The zero-order valence-electron chi connectivity index (χ0n) is 16.7. The molecule has 156 valence electrons. The van der Waals surface area contributed by atoms with E-state index in [0.717, 1.165) is 28.1 Å². The molecular formula is C21H23N5O3S. The number of esters is 1. The summed E-state index contributed by atoms with van der Waals surface area (Å²) in [7, 11) is 0. The van der Waals surface area contributed by atoms with Crippen molar-refractivity contribution in [2.45, 2.75) is 24.8 Å². The lowest BCUT2D eigenvalue weighted by molar-refractivity contribution is -0.149. The van der Waals surface area contributed by atoms with Crippen molar-refractivity contribution in [3.63, 3.8) is 0 Å².